The van der Waals surface area contributed by atoms with Crippen molar-refractivity contribution in [2.24, 2.45) is 5.73 Å². The molecular weight excluding hydrogens is 240 g/mol. The van der Waals surface area contributed by atoms with E-state index in [-0.39, 0.29) is 11.9 Å². The summed E-state index contributed by atoms with van der Waals surface area (Å²) in [5.41, 5.74) is 7.96. The molecule has 1 aromatic rings. The van der Waals surface area contributed by atoms with E-state index >= 15 is 0 Å². The van der Waals surface area contributed by atoms with Crippen molar-refractivity contribution in [3.8, 4) is 5.75 Å². The highest BCUT2D eigenvalue weighted by atomic mass is 16.5. The van der Waals surface area contributed by atoms with Gasteiger partial charge in [0.05, 0.1) is 13.0 Å². The second-order valence-electron chi connectivity index (χ2n) is 4.93. The van der Waals surface area contributed by atoms with Crippen LogP contribution in [0.5, 0.6) is 5.75 Å². The van der Waals surface area contributed by atoms with Crippen LogP contribution in [-0.2, 0) is 4.79 Å². The van der Waals surface area contributed by atoms with Crippen LogP contribution in [0.4, 0.5) is 0 Å². The maximum absolute atomic E-state index is 11.8. The lowest BCUT2D eigenvalue weighted by molar-refractivity contribution is -0.132. The monoisotopic (exact) mass is 264 g/mol. The summed E-state index contributed by atoms with van der Waals surface area (Å²) in [5.74, 6) is 0.868. The molecule has 2 N–H and O–H groups in total. The van der Waals surface area contributed by atoms with Crippen molar-refractivity contribution >= 4 is 5.91 Å². The van der Waals surface area contributed by atoms with Crippen LogP contribution in [0.25, 0.3) is 0 Å². The molecule has 0 radical (unpaired) electrons. The molecule has 1 atom stereocenters. The minimum Gasteiger partial charge on any atom is -0.493 e. The molecule has 4 nitrogen and oxygen atoms in total. The Balaban J connectivity index is 2.41. The predicted octanol–water partition coefficient (Wildman–Crippen LogP) is 1.88. The van der Waals surface area contributed by atoms with Gasteiger partial charge in [0, 0.05) is 19.6 Å². The van der Waals surface area contributed by atoms with E-state index < -0.39 is 0 Å². The number of rotatable bonds is 6. The van der Waals surface area contributed by atoms with E-state index in [4.69, 9.17) is 10.5 Å². The quantitative estimate of drug-likeness (QED) is 0.853. The Kier molecular flexibility index (Phi) is 5.83. The fourth-order valence-corrected chi connectivity index (χ4v) is 1.64. The Hall–Kier alpha value is -1.55. The molecule has 0 heterocycles. The van der Waals surface area contributed by atoms with E-state index in [1.54, 1.807) is 11.9 Å². The van der Waals surface area contributed by atoms with Crippen molar-refractivity contribution in [2.45, 2.75) is 33.2 Å². The van der Waals surface area contributed by atoms with Gasteiger partial charge in [-0.2, -0.15) is 0 Å². The van der Waals surface area contributed by atoms with Gasteiger partial charge in [0.2, 0.25) is 5.91 Å². The van der Waals surface area contributed by atoms with Crippen molar-refractivity contribution in [3.05, 3.63) is 29.3 Å². The number of carbonyl (C=O) groups excluding carboxylic acids is 1. The van der Waals surface area contributed by atoms with Crippen molar-refractivity contribution in [1.29, 1.82) is 0 Å². The van der Waals surface area contributed by atoms with Gasteiger partial charge in [0.15, 0.2) is 0 Å². The van der Waals surface area contributed by atoms with Crippen LogP contribution < -0.4 is 10.5 Å². The highest BCUT2D eigenvalue weighted by Crippen LogP contribution is 2.16. The number of aryl methyl sites for hydroxylation is 2. The molecule has 0 saturated heterocycles. The molecule has 1 amide bonds. The number of nitrogens with two attached hydrogens (primary N) is 1. The Morgan fingerprint density at radius 2 is 2.05 bits per heavy atom. The molecule has 1 unspecified atom stereocenters. The van der Waals surface area contributed by atoms with E-state index in [2.05, 4.69) is 6.92 Å². The standard InChI is InChI=1S/C15H24N2O2/c1-11-5-6-14(9-12(11)2)19-8-7-15(18)17(4)13(3)10-16/h5-6,9,13H,7-8,10,16H2,1-4H3. The van der Waals surface area contributed by atoms with Gasteiger partial charge >= 0.3 is 0 Å². The van der Waals surface area contributed by atoms with E-state index in [0.29, 0.717) is 19.6 Å². The second-order valence-corrected chi connectivity index (χ2v) is 4.93. The lowest BCUT2D eigenvalue weighted by Crippen LogP contribution is -2.40. The van der Waals surface area contributed by atoms with Gasteiger partial charge in [0.25, 0.3) is 0 Å². The minimum atomic E-state index is 0.0572. The molecule has 0 aliphatic rings. The highest BCUT2D eigenvalue weighted by Gasteiger charge is 2.13. The Labute approximate surface area is 115 Å². The van der Waals surface area contributed by atoms with Crippen LogP contribution in [0.1, 0.15) is 24.5 Å². The average molecular weight is 264 g/mol. The number of likely N-dealkylation sites (N-methyl/N-ethyl adjacent to an activating group) is 1. The number of nitrogens with zero attached hydrogens (tertiary/aromatic N) is 1. The van der Waals surface area contributed by atoms with E-state index in [0.717, 1.165) is 5.75 Å². The molecule has 0 aromatic heterocycles. The van der Waals surface area contributed by atoms with Gasteiger partial charge in [-0.1, -0.05) is 6.07 Å². The van der Waals surface area contributed by atoms with E-state index in [1.165, 1.54) is 11.1 Å². The third-order valence-electron chi connectivity index (χ3n) is 3.46. The zero-order valence-corrected chi connectivity index (χ0v) is 12.3. The summed E-state index contributed by atoms with van der Waals surface area (Å²) in [7, 11) is 1.77. The second kappa shape index (κ2) is 7.14. The van der Waals surface area contributed by atoms with Crippen molar-refractivity contribution in [2.75, 3.05) is 20.2 Å². The van der Waals surface area contributed by atoms with Crippen LogP contribution in [-0.4, -0.2) is 37.0 Å². The largest absolute Gasteiger partial charge is 0.493 e. The first-order valence-electron chi connectivity index (χ1n) is 6.61. The molecule has 0 fully saturated rings. The zero-order valence-electron chi connectivity index (χ0n) is 12.3. The number of hydrogen-bond acceptors (Lipinski definition) is 3. The lowest BCUT2D eigenvalue weighted by Gasteiger charge is -2.23. The molecule has 0 saturated carbocycles. The van der Waals surface area contributed by atoms with E-state index in [1.807, 2.05) is 32.0 Å². The summed E-state index contributed by atoms with van der Waals surface area (Å²) in [4.78, 5) is 13.5. The first-order chi connectivity index (χ1) is 8.95. The van der Waals surface area contributed by atoms with Gasteiger partial charge in [-0.3, -0.25) is 4.79 Å². The smallest absolute Gasteiger partial charge is 0.226 e. The van der Waals surface area contributed by atoms with Crippen LogP contribution in [0.15, 0.2) is 18.2 Å². The van der Waals surface area contributed by atoms with Gasteiger partial charge in [-0.15, -0.1) is 0 Å². The molecule has 0 aliphatic heterocycles. The fourth-order valence-electron chi connectivity index (χ4n) is 1.64. The van der Waals surface area contributed by atoms with Gasteiger partial charge in [0.1, 0.15) is 5.75 Å². The number of benzene rings is 1. The summed E-state index contributed by atoms with van der Waals surface area (Å²) in [6.07, 6.45) is 0.369. The average Bonchev–Trinajstić information content (AvgIpc) is 2.40. The number of ether oxygens (including phenoxy) is 1. The third-order valence-corrected chi connectivity index (χ3v) is 3.46. The lowest BCUT2D eigenvalue weighted by atomic mass is 10.1. The molecule has 0 spiro atoms. The van der Waals surface area contributed by atoms with Crippen LogP contribution in [0.3, 0.4) is 0 Å². The van der Waals surface area contributed by atoms with Crippen LogP contribution in [0, 0.1) is 13.8 Å². The Morgan fingerprint density at radius 3 is 2.63 bits per heavy atom. The van der Waals surface area contributed by atoms with Gasteiger partial charge in [-0.25, -0.2) is 0 Å². The summed E-state index contributed by atoms with van der Waals surface area (Å²) in [6, 6.07) is 6.01. The highest BCUT2D eigenvalue weighted by molar-refractivity contribution is 5.76. The predicted molar refractivity (Wildman–Crippen MR) is 77.3 cm³/mol. The molecule has 4 heteroatoms. The summed E-state index contributed by atoms with van der Waals surface area (Å²) in [6.45, 7) is 6.90. The molecule has 0 aliphatic carbocycles. The third kappa shape index (κ3) is 4.56. The normalized spacial score (nSPS) is 12.1. The van der Waals surface area contributed by atoms with Crippen LogP contribution >= 0.6 is 0 Å². The molecular formula is C15H24N2O2. The maximum atomic E-state index is 11.8. The first kappa shape index (κ1) is 15.5. The fraction of sp³-hybridized carbons (Fsp3) is 0.533. The SMILES string of the molecule is Cc1ccc(OCCC(=O)N(C)C(C)CN)cc1C. The summed E-state index contributed by atoms with van der Waals surface area (Å²) in [5, 5.41) is 0. The molecule has 1 rings (SSSR count). The van der Waals surface area contributed by atoms with E-state index in [9.17, 15) is 4.79 Å². The topological polar surface area (TPSA) is 55.6 Å². The minimum absolute atomic E-state index is 0.0572. The van der Waals surface area contributed by atoms with Crippen molar-refractivity contribution in [3.63, 3.8) is 0 Å². The van der Waals surface area contributed by atoms with Gasteiger partial charge < -0.3 is 15.4 Å². The van der Waals surface area contributed by atoms with Gasteiger partial charge in [-0.05, 0) is 44.0 Å². The first-order valence-corrected chi connectivity index (χ1v) is 6.61. The number of carbonyl (C=O) groups is 1. The summed E-state index contributed by atoms with van der Waals surface area (Å²) < 4.78 is 5.60. The molecule has 1 aromatic carbocycles. The van der Waals surface area contributed by atoms with Crippen LogP contribution in [0.2, 0.25) is 0 Å². The Morgan fingerprint density at radius 1 is 1.37 bits per heavy atom. The molecule has 19 heavy (non-hydrogen) atoms. The summed E-state index contributed by atoms with van der Waals surface area (Å²) >= 11 is 0. The molecule has 106 valence electrons. The Bertz CT molecular complexity index is 432. The number of hydrogen-bond donors (Lipinski definition) is 1. The number of amides is 1. The molecule has 0 bridgehead atoms. The van der Waals surface area contributed by atoms with Crippen molar-refractivity contribution < 1.29 is 9.53 Å². The van der Waals surface area contributed by atoms with Crippen molar-refractivity contribution in [1.82, 2.24) is 4.90 Å². The maximum Gasteiger partial charge on any atom is 0.226 e. The zero-order chi connectivity index (χ0) is 14.4.